The fraction of sp³-hybridized carbons (Fsp3) is 0.571. The lowest BCUT2D eigenvalue weighted by molar-refractivity contribution is -0.194. The van der Waals surface area contributed by atoms with Gasteiger partial charge in [-0.25, -0.2) is 0 Å². The van der Waals surface area contributed by atoms with E-state index in [0.29, 0.717) is 12.8 Å². The van der Waals surface area contributed by atoms with E-state index in [1.54, 1.807) is 0 Å². The second-order valence-electron chi connectivity index (χ2n) is 5.21. The Balaban J connectivity index is 2.09. The van der Waals surface area contributed by atoms with Gasteiger partial charge in [0.05, 0.1) is 0 Å². The molecule has 0 amide bonds. The summed E-state index contributed by atoms with van der Waals surface area (Å²) in [4.78, 5) is 22.5. The number of carbonyl (C=O) groups excluding carboxylic acids is 2. The summed E-state index contributed by atoms with van der Waals surface area (Å²) in [5.41, 5.74) is 1.65. The molecule has 4 nitrogen and oxygen atoms in total. The summed E-state index contributed by atoms with van der Waals surface area (Å²) in [5.74, 6) is -0.469. The highest BCUT2D eigenvalue weighted by Gasteiger charge is 2.59. The SMILES string of the molecule is CC(=O)OCC1=CC2(CC=C(C)C)C(=O)OC2C1. The van der Waals surface area contributed by atoms with E-state index >= 15 is 0 Å². The van der Waals surface area contributed by atoms with Crippen LogP contribution in [0.2, 0.25) is 0 Å². The van der Waals surface area contributed by atoms with Crippen LogP contribution < -0.4 is 0 Å². The molecule has 2 atom stereocenters. The first-order valence-corrected chi connectivity index (χ1v) is 6.12. The van der Waals surface area contributed by atoms with Crippen LogP contribution in [0.3, 0.4) is 0 Å². The summed E-state index contributed by atoms with van der Waals surface area (Å²) in [6.07, 6.45) is 5.26. The van der Waals surface area contributed by atoms with Crippen molar-refractivity contribution in [1.29, 1.82) is 0 Å². The molecular weight excluding hydrogens is 232 g/mol. The second-order valence-corrected chi connectivity index (χ2v) is 5.21. The normalized spacial score (nSPS) is 28.7. The summed E-state index contributed by atoms with van der Waals surface area (Å²) < 4.78 is 10.1. The highest BCUT2D eigenvalue weighted by molar-refractivity contribution is 5.87. The van der Waals surface area contributed by atoms with Crippen LogP contribution in [0.1, 0.15) is 33.6 Å². The van der Waals surface area contributed by atoms with E-state index in [1.807, 2.05) is 19.9 Å². The van der Waals surface area contributed by atoms with Crippen molar-refractivity contribution < 1.29 is 19.1 Å². The molecule has 1 saturated heterocycles. The van der Waals surface area contributed by atoms with Crippen LogP contribution in [0.5, 0.6) is 0 Å². The smallest absolute Gasteiger partial charge is 0.320 e. The van der Waals surface area contributed by atoms with Crippen LogP contribution >= 0.6 is 0 Å². The molecular formula is C14H18O4. The van der Waals surface area contributed by atoms with Crippen molar-refractivity contribution in [3.63, 3.8) is 0 Å². The zero-order valence-corrected chi connectivity index (χ0v) is 11.0. The van der Waals surface area contributed by atoms with E-state index in [1.165, 1.54) is 12.5 Å². The zero-order valence-electron chi connectivity index (χ0n) is 11.0. The lowest BCUT2D eigenvalue weighted by atomic mass is 9.77. The minimum atomic E-state index is -0.507. The van der Waals surface area contributed by atoms with Gasteiger partial charge >= 0.3 is 11.9 Å². The van der Waals surface area contributed by atoms with Gasteiger partial charge < -0.3 is 9.47 Å². The molecule has 2 unspecified atom stereocenters. The van der Waals surface area contributed by atoms with Gasteiger partial charge in [-0.1, -0.05) is 17.7 Å². The van der Waals surface area contributed by atoms with Crippen LogP contribution in [-0.4, -0.2) is 24.6 Å². The van der Waals surface area contributed by atoms with Crippen molar-refractivity contribution >= 4 is 11.9 Å². The first kappa shape index (κ1) is 12.9. The van der Waals surface area contributed by atoms with E-state index in [-0.39, 0.29) is 24.6 Å². The van der Waals surface area contributed by atoms with Gasteiger partial charge in [0, 0.05) is 13.3 Å². The Hall–Kier alpha value is -1.58. The van der Waals surface area contributed by atoms with Crippen LogP contribution in [0, 0.1) is 5.41 Å². The van der Waals surface area contributed by atoms with Gasteiger partial charge in [0.25, 0.3) is 0 Å². The third kappa shape index (κ3) is 2.19. The molecule has 18 heavy (non-hydrogen) atoms. The van der Waals surface area contributed by atoms with Crippen LogP contribution in [0.25, 0.3) is 0 Å². The Bertz CT molecular complexity index is 443. The fourth-order valence-electron chi connectivity index (χ4n) is 2.40. The Morgan fingerprint density at radius 3 is 2.83 bits per heavy atom. The van der Waals surface area contributed by atoms with Crippen LogP contribution in [0.4, 0.5) is 0 Å². The molecule has 4 heteroatoms. The molecule has 0 bridgehead atoms. The lowest BCUT2D eigenvalue weighted by Crippen LogP contribution is -2.52. The fourth-order valence-corrected chi connectivity index (χ4v) is 2.40. The van der Waals surface area contributed by atoms with Crippen molar-refractivity contribution in [2.45, 2.75) is 39.7 Å². The van der Waals surface area contributed by atoms with Crippen molar-refractivity contribution in [2.24, 2.45) is 5.41 Å². The summed E-state index contributed by atoms with van der Waals surface area (Å²) in [5, 5.41) is 0. The van der Waals surface area contributed by atoms with Gasteiger partial charge in [-0.2, -0.15) is 0 Å². The van der Waals surface area contributed by atoms with E-state index in [2.05, 4.69) is 6.08 Å². The average molecular weight is 250 g/mol. The number of hydrogen-bond donors (Lipinski definition) is 0. The van der Waals surface area contributed by atoms with Gasteiger partial charge in [-0.3, -0.25) is 9.59 Å². The largest absolute Gasteiger partial charge is 0.461 e. The molecule has 0 saturated carbocycles. The average Bonchev–Trinajstić information content (AvgIpc) is 2.57. The molecule has 0 aromatic carbocycles. The molecule has 0 aromatic heterocycles. The molecule has 1 aliphatic heterocycles. The Kier molecular flexibility index (Phi) is 3.28. The number of fused-ring (bicyclic) bond motifs is 1. The highest BCUT2D eigenvalue weighted by atomic mass is 16.6. The number of carbonyl (C=O) groups is 2. The third-order valence-corrected chi connectivity index (χ3v) is 3.42. The minimum absolute atomic E-state index is 0.0776. The van der Waals surface area contributed by atoms with Gasteiger partial charge in [0.1, 0.15) is 18.1 Å². The molecule has 0 radical (unpaired) electrons. The number of allylic oxidation sites excluding steroid dienone is 2. The predicted molar refractivity (Wildman–Crippen MR) is 65.7 cm³/mol. The van der Waals surface area contributed by atoms with E-state index in [9.17, 15) is 9.59 Å². The molecule has 0 spiro atoms. The summed E-state index contributed by atoms with van der Waals surface area (Å²) >= 11 is 0. The quantitative estimate of drug-likeness (QED) is 0.566. The number of ether oxygens (including phenoxy) is 2. The first-order valence-electron chi connectivity index (χ1n) is 6.12. The molecule has 0 aromatic rings. The van der Waals surface area contributed by atoms with Crippen molar-refractivity contribution in [2.75, 3.05) is 6.61 Å². The molecule has 2 aliphatic rings. The maximum atomic E-state index is 11.7. The van der Waals surface area contributed by atoms with E-state index in [0.717, 1.165) is 5.57 Å². The maximum absolute atomic E-state index is 11.7. The minimum Gasteiger partial charge on any atom is -0.461 e. The Labute approximate surface area is 107 Å². The number of esters is 2. The first-order chi connectivity index (χ1) is 8.44. The lowest BCUT2D eigenvalue weighted by Gasteiger charge is -2.41. The Morgan fingerprint density at radius 2 is 2.28 bits per heavy atom. The van der Waals surface area contributed by atoms with Crippen molar-refractivity contribution in [3.8, 4) is 0 Å². The zero-order chi connectivity index (χ0) is 13.3. The molecule has 1 fully saturated rings. The maximum Gasteiger partial charge on any atom is 0.320 e. The topological polar surface area (TPSA) is 52.6 Å². The van der Waals surface area contributed by atoms with E-state index < -0.39 is 5.41 Å². The van der Waals surface area contributed by atoms with Gasteiger partial charge in [-0.15, -0.1) is 0 Å². The number of rotatable bonds is 4. The van der Waals surface area contributed by atoms with Crippen molar-refractivity contribution in [1.82, 2.24) is 0 Å². The van der Waals surface area contributed by atoms with E-state index in [4.69, 9.17) is 9.47 Å². The molecule has 1 heterocycles. The van der Waals surface area contributed by atoms with Crippen LogP contribution in [0.15, 0.2) is 23.3 Å². The molecule has 0 N–H and O–H groups in total. The summed E-state index contributed by atoms with van der Waals surface area (Å²) in [6, 6.07) is 0. The van der Waals surface area contributed by atoms with Gasteiger partial charge in [-0.05, 0) is 25.8 Å². The monoisotopic (exact) mass is 250 g/mol. The number of hydrogen-bond acceptors (Lipinski definition) is 4. The van der Waals surface area contributed by atoms with Gasteiger partial charge in [0.2, 0.25) is 0 Å². The third-order valence-electron chi connectivity index (χ3n) is 3.42. The molecule has 1 aliphatic carbocycles. The predicted octanol–water partition coefficient (Wildman–Crippen LogP) is 2.15. The van der Waals surface area contributed by atoms with Crippen LogP contribution in [-0.2, 0) is 19.1 Å². The Morgan fingerprint density at radius 1 is 1.56 bits per heavy atom. The summed E-state index contributed by atoms with van der Waals surface area (Å²) in [7, 11) is 0. The van der Waals surface area contributed by atoms with Crippen molar-refractivity contribution in [3.05, 3.63) is 23.3 Å². The second kappa shape index (κ2) is 4.59. The summed E-state index contributed by atoms with van der Waals surface area (Å²) in [6.45, 7) is 5.66. The highest BCUT2D eigenvalue weighted by Crippen LogP contribution is 2.50. The van der Waals surface area contributed by atoms with Gasteiger partial charge in [0.15, 0.2) is 0 Å². The standard InChI is InChI=1S/C14H18O4/c1-9(2)4-5-14-7-11(8-17-10(3)15)6-12(14)18-13(14)16/h4,7,12H,5-6,8H2,1-3H3. The molecule has 2 rings (SSSR count). The molecule has 98 valence electrons.